The van der Waals surface area contributed by atoms with E-state index < -0.39 is 12.0 Å². The van der Waals surface area contributed by atoms with Crippen LogP contribution in [0.4, 0.5) is 11.6 Å². The second-order valence-corrected chi connectivity index (χ2v) is 6.11. The van der Waals surface area contributed by atoms with Crippen LogP contribution in [-0.4, -0.2) is 41.8 Å². The first-order valence-corrected chi connectivity index (χ1v) is 8.41. The predicted molar refractivity (Wildman–Crippen MR) is 98.7 cm³/mol. The number of nitriles is 1. The van der Waals surface area contributed by atoms with Crippen LogP contribution in [0.5, 0.6) is 5.75 Å². The molecule has 0 radical (unpaired) electrons. The minimum Gasteiger partial charge on any atom is -0.472 e. The Morgan fingerprint density at radius 1 is 1.33 bits per heavy atom. The summed E-state index contributed by atoms with van der Waals surface area (Å²) < 4.78 is 5.85. The molecule has 1 aromatic carbocycles. The number of nitrogens with zero attached hydrogens (tertiary/aromatic N) is 4. The predicted octanol–water partition coefficient (Wildman–Crippen LogP) is 1.50. The molecule has 1 unspecified atom stereocenters. The molecule has 0 saturated carbocycles. The van der Waals surface area contributed by atoms with E-state index in [1.165, 1.54) is 9.80 Å². The summed E-state index contributed by atoms with van der Waals surface area (Å²) in [5.74, 6) is 0.120. The van der Waals surface area contributed by atoms with Crippen LogP contribution in [0.25, 0.3) is 0 Å². The summed E-state index contributed by atoms with van der Waals surface area (Å²) >= 11 is 0. The van der Waals surface area contributed by atoms with Gasteiger partial charge in [-0.25, -0.2) is 4.98 Å². The highest BCUT2D eigenvalue weighted by Crippen LogP contribution is 2.37. The molecule has 1 aliphatic heterocycles. The monoisotopic (exact) mass is 365 g/mol. The molecule has 2 amide bonds. The second-order valence-electron chi connectivity index (χ2n) is 6.11. The van der Waals surface area contributed by atoms with Gasteiger partial charge in [0.1, 0.15) is 12.4 Å². The maximum Gasteiger partial charge on any atom is 0.274 e. The molecule has 1 aromatic heterocycles. The van der Waals surface area contributed by atoms with E-state index in [1.54, 1.807) is 31.3 Å². The largest absolute Gasteiger partial charge is 0.472 e. The van der Waals surface area contributed by atoms with Gasteiger partial charge in [0.2, 0.25) is 12.0 Å². The smallest absolute Gasteiger partial charge is 0.274 e. The second kappa shape index (κ2) is 7.74. The quantitative estimate of drug-likeness (QED) is 0.859. The third kappa shape index (κ3) is 3.82. The van der Waals surface area contributed by atoms with Gasteiger partial charge in [-0.3, -0.25) is 14.5 Å². The number of nitrogen functional groups attached to an aromatic ring is 1. The Bertz CT molecular complexity index is 894. The van der Waals surface area contributed by atoms with E-state index >= 15 is 0 Å². The summed E-state index contributed by atoms with van der Waals surface area (Å²) in [5.41, 5.74) is 6.44. The van der Waals surface area contributed by atoms with E-state index in [4.69, 9.17) is 15.7 Å². The van der Waals surface area contributed by atoms with Crippen molar-refractivity contribution in [3.8, 4) is 11.8 Å². The minimum atomic E-state index is -0.874. The highest BCUT2D eigenvalue weighted by Gasteiger charge is 2.38. The summed E-state index contributed by atoms with van der Waals surface area (Å²) in [6, 6.07) is 14.3. The zero-order valence-corrected chi connectivity index (χ0v) is 14.8. The SMILES string of the molecule is CN(CCC#N)C(=O)CN1C(=O)C(c2ccccc2)Oc2ccc(N)nc21. The summed E-state index contributed by atoms with van der Waals surface area (Å²) in [5, 5.41) is 8.69. The number of hydrogen-bond donors (Lipinski definition) is 1. The normalized spacial score (nSPS) is 15.5. The number of carbonyl (C=O) groups excluding carboxylic acids is 2. The molecule has 3 rings (SSSR count). The van der Waals surface area contributed by atoms with Crippen LogP contribution in [0.3, 0.4) is 0 Å². The van der Waals surface area contributed by atoms with E-state index in [9.17, 15) is 9.59 Å². The van der Waals surface area contributed by atoms with Gasteiger partial charge in [0, 0.05) is 19.2 Å². The van der Waals surface area contributed by atoms with E-state index in [-0.39, 0.29) is 37.1 Å². The van der Waals surface area contributed by atoms with Crippen molar-refractivity contribution in [3.05, 3.63) is 48.0 Å². The van der Waals surface area contributed by atoms with Crippen molar-refractivity contribution in [3.63, 3.8) is 0 Å². The third-order valence-electron chi connectivity index (χ3n) is 4.23. The summed E-state index contributed by atoms with van der Waals surface area (Å²) in [4.78, 5) is 32.5. The molecule has 8 heteroatoms. The van der Waals surface area contributed by atoms with Crippen LogP contribution in [0.2, 0.25) is 0 Å². The summed E-state index contributed by atoms with van der Waals surface area (Å²) in [6.45, 7) is 0.0735. The van der Waals surface area contributed by atoms with Gasteiger partial charge in [0.25, 0.3) is 5.91 Å². The lowest BCUT2D eigenvalue weighted by Crippen LogP contribution is -2.47. The zero-order valence-electron chi connectivity index (χ0n) is 14.8. The Morgan fingerprint density at radius 2 is 2.07 bits per heavy atom. The molecule has 1 atom stereocenters. The number of benzene rings is 1. The number of amides is 2. The number of carbonyl (C=O) groups is 2. The maximum absolute atomic E-state index is 13.1. The number of pyridine rings is 1. The molecular weight excluding hydrogens is 346 g/mol. The van der Waals surface area contributed by atoms with Crippen LogP contribution in [-0.2, 0) is 9.59 Å². The molecule has 2 N–H and O–H groups in total. The first-order chi connectivity index (χ1) is 13.0. The van der Waals surface area contributed by atoms with Crippen molar-refractivity contribution in [1.82, 2.24) is 9.88 Å². The average Bonchev–Trinajstić information content (AvgIpc) is 2.68. The molecule has 0 spiro atoms. The van der Waals surface area contributed by atoms with E-state index in [0.29, 0.717) is 11.3 Å². The average molecular weight is 365 g/mol. The van der Waals surface area contributed by atoms with Crippen LogP contribution in [0.15, 0.2) is 42.5 Å². The molecular formula is C19H19N5O3. The van der Waals surface area contributed by atoms with E-state index in [2.05, 4.69) is 4.98 Å². The number of fused-ring (bicyclic) bond motifs is 1. The Kier molecular flexibility index (Phi) is 5.22. The van der Waals surface area contributed by atoms with Crippen LogP contribution in [0.1, 0.15) is 18.1 Å². The molecule has 1 aliphatic rings. The summed E-state index contributed by atoms with van der Waals surface area (Å²) in [6.07, 6.45) is -0.658. The van der Waals surface area contributed by atoms with Crippen molar-refractivity contribution >= 4 is 23.5 Å². The number of hydrogen-bond acceptors (Lipinski definition) is 6. The summed E-state index contributed by atoms with van der Waals surface area (Å²) in [7, 11) is 1.59. The lowest BCUT2D eigenvalue weighted by atomic mass is 10.1. The topological polar surface area (TPSA) is 113 Å². The molecule has 0 fully saturated rings. The van der Waals surface area contributed by atoms with Crippen molar-refractivity contribution in [2.45, 2.75) is 12.5 Å². The molecule has 2 aromatic rings. The zero-order chi connectivity index (χ0) is 19.4. The Labute approximate surface area is 156 Å². The van der Waals surface area contributed by atoms with Gasteiger partial charge in [-0.05, 0) is 12.1 Å². The number of nitrogens with two attached hydrogens (primary N) is 1. The van der Waals surface area contributed by atoms with Gasteiger partial charge in [-0.2, -0.15) is 5.26 Å². The standard InChI is InChI=1S/C19H19N5O3/c1-23(11-5-10-20)16(25)12-24-18-14(8-9-15(21)22-18)27-17(19(24)26)13-6-3-2-4-7-13/h2-4,6-9,17H,5,11-12H2,1H3,(H2,21,22). The molecule has 8 nitrogen and oxygen atoms in total. The molecule has 0 saturated heterocycles. The number of aromatic nitrogens is 1. The third-order valence-corrected chi connectivity index (χ3v) is 4.23. The molecule has 0 aliphatic carbocycles. The maximum atomic E-state index is 13.1. The fraction of sp³-hybridized carbons (Fsp3) is 0.263. The van der Waals surface area contributed by atoms with Gasteiger partial charge < -0.3 is 15.4 Å². The van der Waals surface area contributed by atoms with Crippen LogP contribution in [0, 0.1) is 11.3 Å². The first kappa shape index (κ1) is 18.2. The van der Waals surface area contributed by atoms with Gasteiger partial charge in [-0.15, -0.1) is 0 Å². The molecule has 27 heavy (non-hydrogen) atoms. The van der Waals surface area contributed by atoms with Crippen molar-refractivity contribution in [2.75, 3.05) is 30.8 Å². The highest BCUT2D eigenvalue weighted by molar-refractivity contribution is 6.03. The minimum absolute atomic E-state index is 0.211. The van der Waals surface area contributed by atoms with Gasteiger partial charge in [0.05, 0.1) is 12.5 Å². The van der Waals surface area contributed by atoms with E-state index in [1.807, 2.05) is 24.3 Å². The van der Waals surface area contributed by atoms with E-state index in [0.717, 1.165) is 0 Å². The van der Waals surface area contributed by atoms with Crippen LogP contribution >= 0.6 is 0 Å². The lowest BCUT2D eigenvalue weighted by molar-refractivity contribution is -0.132. The molecule has 138 valence electrons. The first-order valence-electron chi connectivity index (χ1n) is 8.41. The Morgan fingerprint density at radius 3 is 2.78 bits per heavy atom. The molecule has 0 bridgehead atoms. The fourth-order valence-corrected chi connectivity index (χ4v) is 2.75. The molecule has 2 heterocycles. The lowest BCUT2D eigenvalue weighted by Gasteiger charge is -2.34. The number of ether oxygens (including phenoxy) is 1. The van der Waals surface area contributed by atoms with Crippen molar-refractivity contribution < 1.29 is 14.3 Å². The fourth-order valence-electron chi connectivity index (χ4n) is 2.75. The van der Waals surface area contributed by atoms with Gasteiger partial charge in [0.15, 0.2) is 11.6 Å². The number of likely N-dealkylation sites (N-methyl/N-ethyl adjacent to an activating group) is 1. The van der Waals surface area contributed by atoms with Gasteiger partial charge in [-0.1, -0.05) is 30.3 Å². The highest BCUT2D eigenvalue weighted by atomic mass is 16.5. The van der Waals surface area contributed by atoms with Crippen molar-refractivity contribution in [2.24, 2.45) is 0 Å². The Hall–Kier alpha value is -3.60. The number of anilines is 2. The Balaban J connectivity index is 1.92. The van der Waals surface area contributed by atoms with Crippen molar-refractivity contribution in [1.29, 1.82) is 5.26 Å². The number of rotatable bonds is 5. The van der Waals surface area contributed by atoms with Gasteiger partial charge >= 0.3 is 0 Å². The van der Waals surface area contributed by atoms with Crippen LogP contribution < -0.4 is 15.4 Å².